The lowest BCUT2D eigenvalue weighted by Gasteiger charge is -2.44. The minimum Gasteiger partial charge on any atom is -0.371 e. The number of fused-ring (bicyclic) bond motifs is 1. The van der Waals surface area contributed by atoms with Crippen LogP contribution in [0.15, 0.2) is 60.7 Å². The lowest BCUT2D eigenvalue weighted by Crippen LogP contribution is -2.54. The summed E-state index contributed by atoms with van der Waals surface area (Å²) in [6, 6.07) is 21.2. The number of amides is 5. The number of carbonyl (C=O) groups excluding carboxylic acids is 5. The number of nitrogens with one attached hydrogen (secondary N) is 1. The number of hydrogen-bond acceptors (Lipinski definition) is 10. The number of nitrogens with zero attached hydrogens (tertiary/aromatic N) is 7. The number of rotatable bonds is 6. The van der Waals surface area contributed by atoms with Crippen molar-refractivity contribution in [2.24, 2.45) is 5.41 Å². The van der Waals surface area contributed by atoms with E-state index in [4.69, 9.17) is 11.6 Å². The van der Waals surface area contributed by atoms with Crippen LogP contribution in [0.3, 0.4) is 0 Å². The first kappa shape index (κ1) is 39.0. The molecule has 2 atom stereocenters. The number of carbonyl (C=O) groups is 5. The molecule has 5 saturated heterocycles. The third-order valence-electron chi connectivity index (χ3n) is 13.8. The van der Waals surface area contributed by atoms with Crippen molar-refractivity contribution in [1.29, 1.82) is 5.26 Å². The molecule has 0 radical (unpaired) electrons. The van der Waals surface area contributed by atoms with Crippen molar-refractivity contribution in [1.82, 2.24) is 20.0 Å². The Morgan fingerprint density at radius 2 is 1.44 bits per heavy atom. The Bertz CT molecular complexity index is 2230. The van der Waals surface area contributed by atoms with E-state index in [2.05, 4.69) is 50.0 Å². The molecule has 1 spiro atoms. The van der Waals surface area contributed by atoms with E-state index in [1.807, 2.05) is 35.2 Å². The number of anilines is 3. The third kappa shape index (κ3) is 7.31. The van der Waals surface area contributed by atoms with Crippen LogP contribution >= 0.6 is 11.6 Å². The quantitative estimate of drug-likeness (QED) is 0.341. The van der Waals surface area contributed by atoms with Gasteiger partial charge in [0.15, 0.2) is 0 Å². The van der Waals surface area contributed by atoms with E-state index >= 15 is 0 Å². The van der Waals surface area contributed by atoms with Crippen molar-refractivity contribution in [2.75, 3.05) is 73.6 Å². The van der Waals surface area contributed by atoms with Crippen LogP contribution in [0.2, 0.25) is 5.02 Å². The number of halogens is 1. The van der Waals surface area contributed by atoms with Crippen molar-refractivity contribution in [3.8, 4) is 6.07 Å². The molecule has 3 aromatic rings. The van der Waals surface area contributed by atoms with Crippen LogP contribution in [0.4, 0.5) is 17.1 Å². The van der Waals surface area contributed by atoms with Gasteiger partial charge in [0.2, 0.25) is 11.8 Å². The maximum Gasteiger partial charge on any atom is 0.262 e. The molecule has 5 fully saturated rings. The molecule has 2 unspecified atom stereocenters. The summed E-state index contributed by atoms with van der Waals surface area (Å²) in [6.45, 7) is 10.1. The molecule has 0 aromatic heterocycles. The van der Waals surface area contributed by atoms with Gasteiger partial charge in [-0.15, -0.1) is 0 Å². The van der Waals surface area contributed by atoms with Crippen molar-refractivity contribution in [2.45, 2.75) is 70.0 Å². The van der Waals surface area contributed by atoms with E-state index in [9.17, 15) is 29.2 Å². The van der Waals surface area contributed by atoms with Gasteiger partial charge in [0.05, 0.1) is 21.7 Å². The second-order valence-electron chi connectivity index (χ2n) is 17.2. The summed E-state index contributed by atoms with van der Waals surface area (Å²) in [6.07, 6.45) is 5.22. The lowest BCUT2D eigenvalue weighted by molar-refractivity contribution is -0.136. The SMILES string of the molecule is CC1CC2(CCN(C(=O)c3ccc(N4CCN(C5CCN(c6ccc7c(c6)C(=O)N(C6CCC(=O)NC6=O)C7=O)CC5)CC4)cc3)CC2)CN1c1ccc(C#N)c(Cl)c1. The number of imide groups is 2. The van der Waals surface area contributed by atoms with E-state index in [1.165, 1.54) is 0 Å². The van der Waals surface area contributed by atoms with Crippen LogP contribution in [-0.2, 0) is 9.59 Å². The molecular weight excluding hydrogens is 768 g/mol. The maximum absolute atomic E-state index is 13.6. The molecule has 0 bridgehead atoms. The normalized spacial score (nSPS) is 23.8. The highest BCUT2D eigenvalue weighted by atomic mass is 35.5. The Kier molecular flexibility index (Phi) is 10.3. The second-order valence-corrected chi connectivity index (χ2v) is 17.6. The highest BCUT2D eigenvalue weighted by Gasteiger charge is 2.46. The first-order chi connectivity index (χ1) is 28.5. The van der Waals surface area contributed by atoms with Gasteiger partial charge in [0, 0.05) is 100 Å². The van der Waals surface area contributed by atoms with E-state index in [0.717, 1.165) is 119 Å². The summed E-state index contributed by atoms with van der Waals surface area (Å²) < 4.78 is 0. The number of nitriles is 1. The van der Waals surface area contributed by atoms with Crippen LogP contribution in [-0.4, -0.2) is 121 Å². The van der Waals surface area contributed by atoms with Crippen LogP contribution in [0.25, 0.3) is 0 Å². The zero-order valence-corrected chi connectivity index (χ0v) is 34.1. The Labute approximate surface area is 349 Å². The maximum atomic E-state index is 13.6. The fourth-order valence-corrected chi connectivity index (χ4v) is 10.7. The molecule has 306 valence electrons. The fraction of sp³-hybridized carbons (Fsp3) is 0.467. The smallest absolute Gasteiger partial charge is 0.262 e. The van der Waals surface area contributed by atoms with Crippen LogP contribution in [0.5, 0.6) is 0 Å². The first-order valence-corrected chi connectivity index (χ1v) is 21.3. The second kappa shape index (κ2) is 15.6. The molecule has 5 amide bonds. The van der Waals surface area contributed by atoms with E-state index in [1.54, 1.807) is 18.2 Å². The van der Waals surface area contributed by atoms with Crippen molar-refractivity contribution in [3.63, 3.8) is 0 Å². The summed E-state index contributed by atoms with van der Waals surface area (Å²) in [5.41, 5.74) is 5.08. The minimum atomic E-state index is -0.971. The van der Waals surface area contributed by atoms with Crippen LogP contribution < -0.4 is 20.0 Å². The largest absolute Gasteiger partial charge is 0.371 e. The summed E-state index contributed by atoms with van der Waals surface area (Å²) in [4.78, 5) is 76.9. The van der Waals surface area contributed by atoms with Gasteiger partial charge in [-0.2, -0.15) is 5.26 Å². The van der Waals surface area contributed by atoms with Crippen molar-refractivity contribution >= 4 is 58.2 Å². The molecule has 6 aliphatic heterocycles. The zero-order chi connectivity index (χ0) is 41.0. The summed E-state index contributed by atoms with van der Waals surface area (Å²) in [5, 5.41) is 12.0. The number of piperidine rings is 3. The van der Waals surface area contributed by atoms with Gasteiger partial charge >= 0.3 is 0 Å². The van der Waals surface area contributed by atoms with Crippen LogP contribution in [0.1, 0.15) is 88.5 Å². The number of likely N-dealkylation sites (tertiary alicyclic amines) is 1. The van der Waals surface area contributed by atoms with Gasteiger partial charge in [0.1, 0.15) is 12.1 Å². The Morgan fingerprint density at radius 3 is 2.12 bits per heavy atom. The minimum absolute atomic E-state index is 0.0936. The van der Waals surface area contributed by atoms with E-state index in [0.29, 0.717) is 33.8 Å². The molecule has 6 aliphatic rings. The first-order valence-electron chi connectivity index (χ1n) is 21.0. The molecule has 0 aliphatic carbocycles. The number of hydrogen-bond donors (Lipinski definition) is 1. The number of benzene rings is 3. The van der Waals surface area contributed by atoms with Gasteiger partial charge in [-0.1, -0.05) is 11.6 Å². The van der Waals surface area contributed by atoms with Crippen molar-refractivity contribution < 1.29 is 24.0 Å². The molecule has 1 N–H and O–H groups in total. The highest BCUT2D eigenvalue weighted by molar-refractivity contribution is 6.32. The molecule has 3 aromatic carbocycles. The molecule has 9 rings (SSSR count). The molecule has 13 nitrogen and oxygen atoms in total. The van der Waals surface area contributed by atoms with Gasteiger partial charge in [0.25, 0.3) is 17.7 Å². The van der Waals surface area contributed by atoms with Gasteiger partial charge < -0.3 is 19.6 Å². The summed E-state index contributed by atoms with van der Waals surface area (Å²) >= 11 is 6.37. The Hall–Kier alpha value is -5.45. The Balaban J connectivity index is 0.736. The van der Waals surface area contributed by atoms with E-state index in [-0.39, 0.29) is 30.1 Å². The summed E-state index contributed by atoms with van der Waals surface area (Å²) in [7, 11) is 0. The molecular formula is C45H49ClN8O5. The van der Waals surface area contributed by atoms with E-state index < -0.39 is 23.8 Å². The lowest BCUT2D eigenvalue weighted by atomic mass is 9.76. The molecule has 59 heavy (non-hydrogen) atoms. The van der Waals surface area contributed by atoms with Crippen LogP contribution in [0, 0.1) is 16.7 Å². The predicted molar refractivity (Wildman–Crippen MR) is 224 cm³/mol. The summed E-state index contributed by atoms with van der Waals surface area (Å²) in [5.74, 6) is -1.86. The molecule has 14 heteroatoms. The Morgan fingerprint density at radius 1 is 0.780 bits per heavy atom. The average molecular weight is 817 g/mol. The molecule has 6 heterocycles. The number of piperazine rings is 1. The van der Waals surface area contributed by atoms with Gasteiger partial charge in [-0.05, 0) is 112 Å². The van der Waals surface area contributed by atoms with Gasteiger partial charge in [-0.25, -0.2) is 0 Å². The highest BCUT2D eigenvalue weighted by Crippen LogP contribution is 2.45. The standard InChI is InChI=1S/C45H49ClN8O5/c1-29-26-45(28-53(29)35-7-4-31(27-47)38(46)25-35)14-18-52(19-15-45)42(57)30-2-5-32(6-3-30)50-20-22-51(23-21-50)33-12-16-49(17-13-33)34-8-9-36-37(24-34)44(59)54(43(36)58)39-10-11-40(55)48-41(39)56/h2-9,24-25,29,33,39H,10-23,26,28H2,1H3,(H,48,55,56). The van der Waals surface area contributed by atoms with Crippen molar-refractivity contribution in [3.05, 3.63) is 87.9 Å². The molecule has 0 saturated carbocycles. The van der Waals surface area contributed by atoms with Gasteiger partial charge in [-0.3, -0.25) is 39.1 Å². The predicted octanol–water partition coefficient (Wildman–Crippen LogP) is 4.93. The third-order valence-corrected chi connectivity index (χ3v) is 14.2. The topological polar surface area (TPSA) is 141 Å². The zero-order valence-electron chi connectivity index (χ0n) is 33.4. The monoisotopic (exact) mass is 816 g/mol. The fourth-order valence-electron chi connectivity index (χ4n) is 10.5. The average Bonchev–Trinajstić information content (AvgIpc) is 3.71.